The molecular formula is C13H20N2. The molecule has 1 unspecified atom stereocenters. The molecule has 1 aromatic rings. The minimum Gasteiger partial charge on any atom is -0.310 e. The van der Waals surface area contributed by atoms with Crippen molar-refractivity contribution in [3.05, 3.63) is 35.9 Å². The van der Waals surface area contributed by atoms with E-state index in [0.717, 1.165) is 13.1 Å². The van der Waals surface area contributed by atoms with Crippen molar-refractivity contribution >= 4 is 0 Å². The lowest BCUT2D eigenvalue weighted by Crippen LogP contribution is -2.52. The van der Waals surface area contributed by atoms with Crippen LogP contribution in [0, 0.1) is 0 Å². The van der Waals surface area contributed by atoms with E-state index in [0.29, 0.717) is 0 Å². The molecule has 0 bridgehead atoms. The fourth-order valence-corrected chi connectivity index (χ4v) is 2.32. The predicted octanol–water partition coefficient (Wildman–Crippen LogP) is 2.30. The van der Waals surface area contributed by atoms with Gasteiger partial charge in [-0.2, -0.15) is 0 Å². The van der Waals surface area contributed by atoms with Crippen LogP contribution in [0.25, 0.3) is 0 Å². The van der Waals surface area contributed by atoms with E-state index in [4.69, 9.17) is 5.73 Å². The van der Waals surface area contributed by atoms with Crippen LogP contribution in [0.15, 0.2) is 30.3 Å². The summed E-state index contributed by atoms with van der Waals surface area (Å²) in [4.78, 5) is 2.39. The molecule has 1 aliphatic heterocycles. The number of nitrogens with two attached hydrogens (primary N) is 1. The first-order valence-electron chi connectivity index (χ1n) is 5.81. The van der Waals surface area contributed by atoms with Gasteiger partial charge in [0.15, 0.2) is 0 Å². The number of rotatable bonds is 2. The average molecular weight is 204 g/mol. The van der Waals surface area contributed by atoms with Crippen molar-refractivity contribution in [3.63, 3.8) is 0 Å². The number of likely N-dealkylation sites (tertiary alicyclic amines) is 1. The monoisotopic (exact) mass is 204 g/mol. The Morgan fingerprint density at radius 3 is 2.27 bits per heavy atom. The lowest BCUT2D eigenvalue weighted by Gasteiger charge is -2.41. The molecule has 0 aromatic heterocycles. The summed E-state index contributed by atoms with van der Waals surface area (Å²) in [5.41, 5.74) is 7.35. The Labute approximate surface area is 92.1 Å². The van der Waals surface area contributed by atoms with E-state index in [1.807, 2.05) is 6.07 Å². The quantitative estimate of drug-likeness (QED) is 0.801. The highest BCUT2D eigenvalue weighted by Crippen LogP contribution is 2.25. The maximum atomic E-state index is 6.44. The van der Waals surface area contributed by atoms with Crippen molar-refractivity contribution < 1.29 is 0 Å². The van der Waals surface area contributed by atoms with Crippen LogP contribution in [0.2, 0.25) is 0 Å². The SMILES string of the molecule is CC(N)(c1ccccc1)N1CCCCC1. The molecule has 2 N–H and O–H groups in total. The number of piperidine rings is 1. The summed E-state index contributed by atoms with van der Waals surface area (Å²) in [5, 5.41) is 0. The summed E-state index contributed by atoms with van der Waals surface area (Å²) < 4.78 is 0. The second-order valence-electron chi connectivity index (χ2n) is 4.56. The molecule has 1 heterocycles. The van der Waals surface area contributed by atoms with E-state index >= 15 is 0 Å². The average Bonchev–Trinajstić information content (AvgIpc) is 2.31. The topological polar surface area (TPSA) is 29.3 Å². The number of hydrogen-bond donors (Lipinski definition) is 1. The van der Waals surface area contributed by atoms with Gasteiger partial charge < -0.3 is 5.73 Å². The van der Waals surface area contributed by atoms with Crippen LogP contribution in [-0.2, 0) is 5.66 Å². The Kier molecular flexibility index (Phi) is 3.08. The van der Waals surface area contributed by atoms with Crippen LogP contribution in [0.3, 0.4) is 0 Å². The minimum atomic E-state index is -0.304. The summed E-state index contributed by atoms with van der Waals surface area (Å²) in [5.74, 6) is 0. The summed E-state index contributed by atoms with van der Waals surface area (Å²) in [7, 11) is 0. The van der Waals surface area contributed by atoms with Gasteiger partial charge in [-0.25, -0.2) is 0 Å². The fourth-order valence-electron chi connectivity index (χ4n) is 2.32. The molecule has 0 amide bonds. The Morgan fingerprint density at radius 1 is 1.07 bits per heavy atom. The highest BCUT2D eigenvalue weighted by atomic mass is 15.3. The van der Waals surface area contributed by atoms with Gasteiger partial charge in [0, 0.05) is 13.1 Å². The van der Waals surface area contributed by atoms with Crippen molar-refractivity contribution in [3.8, 4) is 0 Å². The molecule has 82 valence electrons. The Morgan fingerprint density at radius 2 is 1.67 bits per heavy atom. The summed E-state index contributed by atoms with van der Waals surface area (Å²) in [6.45, 7) is 4.37. The zero-order chi connectivity index (χ0) is 10.7. The standard InChI is InChI=1S/C13H20N2/c1-13(14,12-8-4-2-5-9-12)15-10-6-3-7-11-15/h2,4-5,8-9H,3,6-7,10-11,14H2,1H3. The molecule has 2 rings (SSSR count). The molecule has 1 saturated heterocycles. The number of hydrogen-bond acceptors (Lipinski definition) is 2. The van der Waals surface area contributed by atoms with Crippen LogP contribution < -0.4 is 5.73 Å². The minimum absolute atomic E-state index is 0.304. The Balaban J connectivity index is 2.18. The molecule has 15 heavy (non-hydrogen) atoms. The third-order valence-electron chi connectivity index (χ3n) is 3.37. The molecule has 1 fully saturated rings. The van der Waals surface area contributed by atoms with E-state index in [2.05, 4.69) is 36.1 Å². The van der Waals surface area contributed by atoms with Crippen LogP contribution in [0.5, 0.6) is 0 Å². The van der Waals surface area contributed by atoms with Crippen LogP contribution in [0.4, 0.5) is 0 Å². The normalized spacial score (nSPS) is 22.3. The largest absolute Gasteiger partial charge is 0.310 e. The molecule has 1 aliphatic rings. The second-order valence-corrected chi connectivity index (χ2v) is 4.56. The van der Waals surface area contributed by atoms with E-state index in [1.165, 1.54) is 24.8 Å². The molecule has 2 nitrogen and oxygen atoms in total. The lowest BCUT2D eigenvalue weighted by molar-refractivity contribution is 0.0840. The molecule has 1 atom stereocenters. The molecule has 0 saturated carbocycles. The van der Waals surface area contributed by atoms with E-state index in [9.17, 15) is 0 Å². The predicted molar refractivity (Wildman–Crippen MR) is 63.4 cm³/mol. The fraction of sp³-hybridized carbons (Fsp3) is 0.538. The van der Waals surface area contributed by atoms with Gasteiger partial charge in [-0.15, -0.1) is 0 Å². The first kappa shape index (κ1) is 10.7. The highest BCUT2D eigenvalue weighted by molar-refractivity contribution is 5.22. The van der Waals surface area contributed by atoms with Crippen LogP contribution in [0.1, 0.15) is 31.7 Å². The molecule has 2 heteroatoms. The molecular weight excluding hydrogens is 184 g/mol. The first-order valence-corrected chi connectivity index (χ1v) is 5.81. The summed E-state index contributed by atoms with van der Waals surface area (Å²) in [6, 6.07) is 10.4. The van der Waals surface area contributed by atoms with Crippen molar-refractivity contribution in [1.82, 2.24) is 4.90 Å². The molecule has 0 radical (unpaired) electrons. The molecule has 0 aliphatic carbocycles. The third kappa shape index (κ3) is 2.21. The van der Waals surface area contributed by atoms with E-state index in [-0.39, 0.29) is 5.66 Å². The van der Waals surface area contributed by atoms with Gasteiger partial charge in [-0.3, -0.25) is 4.90 Å². The van der Waals surface area contributed by atoms with Crippen molar-refractivity contribution in [2.75, 3.05) is 13.1 Å². The summed E-state index contributed by atoms with van der Waals surface area (Å²) >= 11 is 0. The van der Waals surface area contributed by atoms with Gasteiger partial charge >= 0.3 is 0 Å². The second kappa shape index (κ2) is 4.33. The first-order chi connectivity index (χ1) is 7.21. The Bertz CT molecular complexity index is 300. The van der Waals surface area contributed by atoms with Crippen LogP contribution >= 0.6 is 0 Å². The van der Waals surface area contributed by atoms with E-state index in [1.54, 1.807) is 0 Å². The summed E-state index contributed by atoms with van der Waals surface area (Å²) in [6.07, 6.45) is 3.90. The number of benzene rings is 1. The van der Waals surface area contributed by atoms with E-state index < -0.39 is 0 Å². The van der Waals surface area contributed by atoms with Gasteiger partial charge in [0.1, 0.15) is 0 Å². The van der Waals surface area contributed by atoms with Crippen molar-refractivity contribution in [2.24, 2.45) is 5.73 Å². The molecule has 1 aromatic carbocycles. The van der Waals surface area contributed by atoms with Gasteiger partial charge in [-0.1, -0.05) is 36.8 Å². The molecule has 0 spiro atoms. The maximum Gasteiger partial charge on any atom is 0.0920 e. The smallest absolute Gasteiger partial charge is 0.0920 e. The zero-order valence-corrected chi connectivity index (χ0v) is 9.45. The van der Waals surface area contributed by atoms with Crippen LogP contribution in [-0.4, -0.2) is 18.0 Å². The zero-order valence-electron chi connectivity index (χ0n) is 9.45. The van der Waals surface area contributed by atoms with Gasteiger partial charge in [0.2, 0.25) is 0 Å². The third-order valence-corrected chi connectivity index (χ3v) is 3.37. The van der Waals surface area contributed by atoms with Gasteiger partial charge in [0.05, 0.1) is 5.66 Å². The Hall–Kier alpha value is -0.860. The maximum absolute atomic E-state index is 6.44. The van der Waals surface area contributed by atoms with Crippen molar-refractivity contribution in [1.29, 1.82) is 0 Å². The highest BCUT2D eigenvalue weighted by Gasteiger charge is 2.29. The number of nitrogens with zero attached hydrogens (tertiary/aromatic N) is 1. The van der Waals surface area contributed by atoms with Gasteiger partial charge in [-0.05, 0) is 25.3 Å². The van der Waals surface area contributed by atoms with Gasteiger partial charge in [0.25, 0.3) is 0 Å². The van der Waals surface area contributed by atoms with Crippen molar-refractivity contribution in [2.45, 2.75) is 31.8 Å². The lowest BCUT2D eigenvalue weighted by atomic mass is 9.97.